The second-order valence-corrected chi connectivity index (χ2v) is 5.70. The van der Waals surface area contributed by atoms with Crippen molar-refractivity contribution >= 4 is 21.9 Å². The summed E-state index contributed by atoms with van der Waals surface area (Å²) >= 11 is 3.44. The monoisotopic (exact) mass is 330 g/mol. The molecule has 2 unspecified atom stereocenters. The van der Waals surface area contributed by atoms with Crippen molar-refractivity contribution in [2.75, 3.05) is 13.2 Å². The summed E-state index contributed by atoms with van der Waals surface area (Å²) in [5.41, 5.74) is 0.500. The largest absolute Gasteiger partial charge is 0.494 e. The molecule has 0 heterocycles. The molecule has 0 saturated carbocycles. The minimum absolute atomic E-state index is 0.252. The van der Waals surface area contributed by atoms with Crippen LogP contribution in [0.4, 0.5) is 0 Å². The zero-order chi connectivity index (χ0) is 14.3. The van der Waals surface area contributed by atoms with Gasteiger partial charge in [-0.25, -0.2) is 4.79 Å². The SMILES string of the molecule is CCOC(=O)C(O)c1ccc(OCCC(C)Br)cc1. The highest BCUT2D eigenvalue weighted by atomic mass is 79.9. The molecular formula is C14H19BrO4. The van der Waals surface area contributed by atoms with Gasteiger partial charge in [-0.3, -0.25) is 0 Å². The van der Waals surface area contributed by atoms with Gasteiger partial charge >= 0.3 is 5.97 Å². The lowest BCUT2D eigenvalue weighted by atomic mass is 10.1. The summed E-state index contributed by atoms with van der Waals surface area (Å²) in [6.45, 7) is 4.63. The lowest BCUT2D eigenvalue weighted by Crippen LogP contribution is -2.15. The highest BCUT2D eigenvalue weighted by Gasteiger charge is 2.18. The molecule has 0 spiro atoms. The molecule has 5 heteroatoms. The quantitative estimate of drug-likeness (QED) is 0.617. The van der Waals surface area contributed by atoms with Gasteiger partial charge in [-0.15, -0.1) is 0 Å². The van der Waals surface area contributed by atoms with Crippen LogP contribution in [0.25, 0.3) is 0 Å². The molecule has 1 rings (SSSR count). The first-order valence-electron chi connectivity index (χ1n) is 6.26. The van der Waals surface area contributed by atoms with Crippen molar-refractivity contribution in [2.24, 2.45) is 0 Å². The molecule has 0 amide bonds. The van der Waals surface area contributed by atoms with Crippen LogP contribution >= 0.6 is 15.9 Å². The molecule has 0 aromatic heterocycles. The maximum Gasteiger partial charge on any atom is 0.339 e. The summed E-state index contributed by atoms with van der Waals surface area (Å²) in [5, 5.41) is 9.74. The van der Waals surface area contributed by atoms with Crippen molar-refractivity contribution in [1.82, 2.24) is 0 Å². The van der Waals surface area contributed by atoms with Crippen molar-refractivity contribution < 1.29 is 19.4 Å². The van der Waals surface area contributed by atoms with Crippen molar-refractivity contribution in [3.8, 4) is 5.75 Å². The number of rotatable bonds is 7. The highest BCUT2D eigenvalue weighted by Crippen LogP contribution is 2.19. The molecule has 106 valence electrons. The van der Waals surface area contributed by atoms with Gasteiger partial charge in [-0.1, -0.05) is 35.0 Å². The van der Waals surface area contributed by atoms with E-state index in [1.807, 2.05) is 0 Å². The molecule has 0 saturated heterocycles. The first-order valence-corrected chi connectivity index (χ1v) is 7.17. The van der Waals surface area contributed by atoms with Crippen molar-refractivity contribution in [2.45, 2.75) is 31.2 Å². The van der Waals surface area contributed by atoms with Gasteiger partial charge in [0.2, 0.25) is 0 Å². The maximum absolute atomic E-state index is 11.4. The molecule has 0 radical (unpaired) electrons. The number of benzene rings is 1. The van der Waals surface area contributed by atoms with E-state index in [2.05, 4.69) is 22.9 Å². The van der Waals surface area contributed by atoms with E-state index in [4.69, 9.17) is 9.47 Å². The van der Waals surface area contributed by atoms with Gasteiger partial charge < -0.3 is 14.6 Å². The fourth-order valence-corrected chi connectivity index (χ4v) is 1.63. The predicted octanol–water partition coefficient (Wildman–Crippen LogP) is 2.84. The second-order valence-electron chi connectivity index (χ2n) is 4.14. The third kappa shape index (κ3) is 5.61. The molecule has 2 atom stereocenters. The Kier molecular flexibility index (Phi) is 6.87. The fraction of sp³-hybridized carbons (Fsp3) is 0.500. The summed E-state index contributed by atoms with van der Waals surface area (Å²) in [6.07, 6.45) is -0.329. The number of alkyl halides is 1. The van der Waals surface area contributed by atoms with Crippen molar-refractivity contribution in [3.05, 3.63) is 29.8 Å². The van der Waals surface area contributed by atoms with E-state index in [-0.39, 0.29) is 6.61 Å². The normalized spacial score (nSPS) is 13.7. The van der Waals surface area contributed by atoms with Gasteiger partial charge in [0.1, 0.15) is 5.75 Å². The number of hydrogen-bond donors (Lipinski definition) is 1. The van der Waals surface area contributed by atoms with Crippen LogP contribution in [0.3, 0.4) is 0 Å². The third-order valence-electron chi connectivity index (χ3n) is 2.49. The Morgan fingerprint density at radius 1 is 1.37 bits per heavy atom. The van der Waals surface area contributed by atoms with E-state index in [1.165, 1.54) is 0 Å². The number of halogens is 1. The fourth-order valence-electron chi connectivity index (χ4n) is 1.44. The second kappa shape index (κ2) is 8.17. The molecule has 0 aliphatic carbocycles. The van der Waals surface area contributed by atoms with Crippen LogP contribution in [0.2, 0.25) is 0 Å². The number of aliphatic hydroxyl groups is 1. The summed E-state index contributed by atoms with van der Waals surface area (Å²) in [6, 6.07) is 6.79. The Balaban J connectivity index is 2.53. The summed E-state index contributed by atoms with van der Waals surface area (Å²) in [5.74, 6) is 0.0808. The van der Waals surface area contributed by atoms with E-state index in [1.54, 1.807) is 31.2 Å². The zero-order valence-electron chi connectivity index (χ0n) is 11.1. The first kappa shape index (κ1) is 16.0. The van der Waals surface area contributed by atoms with Gasteiger partial charge in [0, 0.05) is 4.83 Å². The number of hydrogen-bond acceptors (Lipinski definition) is 4. The van der Waals surface area contributed by atoms with E-state index < -0.39 is 12.1 Å². The highest BCUT2D eigenvalue weighted by molar-refractivity contribution is 9.09. The number of carbonyl (C=O) groups excluding carboxylic acids is 1. The molecule has 0 bridgehead atoms. The third-order valence-corrected chi connectivity index (χ3v) is 2.95. The van der Waals surface area contributed by atoms with Gasteiger partial charge in [0.25, 0.3) is 0 Å². The molecule has 4 nitrogen and oxygen atoms in total. The Bertz CT molecular complexity index is 389. The molecule has 0 aliphatic heterocycles. The van der Waals surface area contributed by atoms with Crippen LogP contribution in [0.15, 0.2) is 24.3 Å². The molecule has 1 aromatic rings. The van der Waals surface area contributed by atoms with E-state index >= 15 is 0 Å². The molecular weight excluding hydrogens is 312 g/mol. The summed E-state index contributed by atoms with van der Waals surface area (Å²) < 4.78 is 10.3. The molecule has 0 aliphatic rings. The number of esters is 1. The Labute approximate surface area is 121 Å². The number of carbonyl (C=O) groups is 1. The Hall–Kier alpha value is -1.07. The molecule has 0 fully saturated rings. The minimum Gasteiger partial charge on any atom is -0.494 e. The first-order chi connectivity index (χ1) is 9.04. The van der Waals surface area contributed by atoms with Crippen molar-refractivity contribution in [3.63, 3.8) is 0 Å². The number of ether oxygens (including phenoxy) is 2. The van der Waals surface area contributed by atoms with E-state index in [9.17, 15) is 9.90 Å². The maximum atomic E-state index is 11.4. The summed E-state index contributed by atoms with van der Waals surface area (Å²) in [7, 11) is 0. The zero-order valence-corrected chi connectivity index (χ0v) is 12.7. The van der Waals surface area contributed by atoms with Gasteiger partial charge in [0.15, 0.2) is 6.10 Å². The average Bonchev–Trinajstić information content (AvgIpc) is 2.38. The van der Waals surface area contributed by atoms with Gasteiger partial charge in [-0.2, -0.15) is 0 Å². The van der Waals surface area contributed by atoms with Crippen LogP contribution in [0, 0.1) is 0 Å². The van der Waals surface area contributed by atoms with Crippen LogP contribution < -0.4 is 4.74 Å². The van der Waals surface area contributed by atoms with Crippen LogP contribution in [0.5, 0.6) is 5.75 Å². The average molecular weight is 331 g/mol. The van der Waals surface area contributed by atoms with Crippen LogP contribution in [-0.4, -0.2) is 29.1 Å². The lowest BCUT2D eigenvalue weighted by Gasteiger charge is -2.11. The van der Waals surface area contributed by atoms with Gasteiger partial charge in [0.05, 0.1) is 13.2 Å². The van der Waals surface area contributed by atoms with Crippen molar-refractivity contribution in [1.29, 1.82) is 0 Å². The Morgan fingerprint density at radius 3 is 2.53 bits per heavy atom. The standard InChI is InChI=1S/C14H19BrO4/c1-3-18-14(17)13(16)11-4-6-12(7-5-11)19-9-8-10(2)15/h4-7,10,13,16H,3,8-9H2,1-2H3. The summed E-state index contributed by atoms with van der Waals surface area (Å²) in [4.78, 5) is 11.8. The number of aliphatic hydroxyl groups excluding tert-OH is 1. The predicted molar refractivity (Wildman–Crippen MR) is 76.5 cm³/mol. The van der Waals surface area contributed by atoms with Crippen LogP contribution in [0.1, 0.15) is 31.9 Å². The molecule has 1 N–H and O–H groups in total. The van der Waals surface area contributed by atoms with Crippen LogP contribution in [-0.2, 0) is 9.53 Å². The van der Waals surface area contributed by atoms with E-state index in [0.717, 1.165) is 6.42 Å². The van der Waals surface area contributed by atoms with Gasteiger partial charge in [-0.05, 0) is 31.0 Å². The Morgan fingerprint density at radius 2 is 2.00 bits per heavy atom. The minimum atomic E-state index is -1.24. The molecule has 1 aromatic carbocycles. The lowest BCUT2D eigenvalue weighted by molar-refractivity contribution is -0.153. The smallest absolute Gasteiger partial charge is 0.339 e. The topological polar surface area (TPSA) is 55.8 Å². The molecule has 19 heavy (non-hydrogen) atoms. The van der Waals surface area contributed by atoms with E-state index in [0.29, 0.717) is 22.7 Å².